The molecule has 4 rings (SSSR count). The Balaban J connectivity index is 1.47. The Morgan fingerprint density at radius 3 is 2.57 bits per heavy atom. The van der Waals surface area contributed by atoms with Gasteiger partial charge in [-0.05, 0) is 72.6 Å². The summed E-state index contributed by atoms with van der Waals surface area (Å²) in [5.74, 6) is -0.0297. The normalized spacial score (nSPS) is 16.4. The van der Waals surface area contributed by atoms with Crippen molar-refractivity contribution in [2.45, 2.75) is 70.7 Å². The van der Waals surface area contributed by atoms with Gasteiger partial charge in [0.1, 0.15) is 0 Å². The van der Waals surface area contributed by atoms with Crippen molar-refractivity contribution in [2.75, 3.05) is 26.8 Å². The summed E-state index contributed by atoms with van der Waals surface area (Å²) in [5, 5.41) is 17.6. The lowest BCUT2D eigenvalue weighted by molar-refractivity contribution is 0.0630. The number of nitrogens with zero attached hydrogens (tertiary/aromatic N) is 2. The zero-order valence-corrected chi connectivity index (χ0v) is 25.2. The van der Waals surface area contributed by atoms with Crippen molar-refractivity contribution in [3.05, 3.63) is 100 Å². The van der Waals surface area contributed by atoms with Crippen molar-refractivity contribution in [2.24, 2.45) is 0 Å². The molecule has 8 nitrogen and oxygen atoms in total. The molecule has 42 heavy (non-hydrogen) atoms. The molecule has 0 radical (unpaired) electrons. The maximum Gasteiger partial charge on any atom is 0.254 e. The van der Waals surface area contributed by atoms with Crippen molar-refractivity contribution < 1.29 is 19.4 Å². The minimum atomic E-state index is -0.847. The van der Waals surface area contributed by atoms with Crippen LogP contribution in [0, 0.1) is 6.92 Å². The van der Waals surface area contributed by atoms with E-state index in [1.165, 1.54) is 5.56 Å². The highest BCUT2D eigenvalue weighted by molar-refractivity contribution is 6.00. The highest BCUT2D eigenvalue weighted by Gasteiger charge is 2.30. The molecule has 2 aromatic carbocycles. The summed E-state index contributed by atoms with van der Waals surface area (Å²) in [6.45, 7) is 8.17. The predicted molar refractivity (Wildman–Crippen MR) is 165 cm³/mol. The molecule has 1 aromatic heterocycles. The smallest absolute Gasteiger partial charge is 0.254 e. The number of hydrogen-bond donors (Lipinski definition) is 3. The van der Waals surface area contributed by atoms with Gasteiger partial charge in [0.15, 0.2) is 0 Å². The van der Waals surface area contributed by atoms with Gasteiger partial charge in [-0.15, -0.1) is 0 Å². The number of rotatable bonds is 13. The summed E-state index contributed by atoms with van der Waals surface area (Å²) < 4.78 is 5.32. The van der Waals surface area contributed by atoms with Gasteiger partial charge in [0.25, 0.3) is 11.8 Å². The number of amides is 2. The minimum absolute atomic E-state index is 0.0433. The first-order valence-corrected chi connectivity index (χ1v) is 14.8. The van der Waals surface area contributed by atoms with Gasteiger partial charge in [-0.3, -0.25) is 14.6 Å². The van der Waals surface area contributed by atoms with E-state index >= 15 is 0 Å². The summed E-state index contributed by atoms with van der Waals surface area (Å²) in [4.78, 5) is 33.2. The van der Waals surface area contributed by atoms with E-state index in [2.05, 4.69) is 35.5 Å². The second-order valence-electron chi connectivity index (χ2n) is 11.6. The number of aliphatic hydroxyl groups is 1. The minimum Gasteiger partial charge on any atom is -0.390 e. The number of likely N-dealkylation sites (tertiary alicyclic amines) is 1. The monoisotopic (exact) mass is 572 g/mol. The second-order valence-corrected chi connectivity index (χ2v) is 11.6. The number of carbonyl (C=O) groups excluding carboxylic acids is 2. The highest BCUT2D eigenvalue weighted by atomic mass is 16.5. The van der Waals surface area contributed by atoms with E-state index < -0.39 is 12.1 Å². The molecule has 224 valence electrons. The Morgan fingerprint density at radius 2 is 1.83 bits per heavy atom. The van der Waals surface area contributed by atoms with E-state index in [4.69, 9.17) is 4.74 Å². The van der Waals surface area contributed by atoms with Gasteiger partial charge in [0, 0.05) is 50.3 Å². The maximum atomic E-state index is 13.6. The highest BCUT2D eigenvalue weighted by Crippen LogP contribution is 2.22. The van der Waals surface area contributed by atoms with E-state index in [9.17, 15) is 14.7 Å². The number of aromatic nitrogens is 1. The maximum absolute atomic E-state index is 13.6. The largest absolute Gasteiger partial charge is 0.390 e. The third kappa shape index (κ3) is 8.47. The zero-order valence-electron chi connectivity index (χ0n) is 25.2. The first-order chi connectivity index (χ1) is 20.2. The van der Waals surface area contributed by atoms with Gasteiger partial charge < -0.3 is 25.4 Å². The molecule has 3 N–H and O–H groups in total. The molecular formula is C34H44N4O4. The fourth-order valence-electron chi connectivity index (χ4n) is 5.50. The molecule has 1 aliphatic heterocycles. The average Bonchev–Trinajstić information content (AvgIpc) is 3.45. The van der Waals surface area contributed by atoms with Gasteiger partial charge >= 0.3 is 0 Å². The molecule has 3 atom stereocenters. The molecule has 2 amide bonds. The van der Waals surface area contributed by atoms with Gasteiger partial charge in [-0.1, -0.05) is 50.2 Å². The fourth-order valence-corrected chi connectivity index (χ4v) is 5.50. The van der Waals surface area contributed by atoms with E-state index in [1.54, 1.807) is 19.2 Å². The second kappa shape index (κ2) is 15.0. The van der Waals surface area contributed by atoms with E-state index in [0.717, 1.165) is 29.5 Å². The number of ether oxygens (including phenoxy) is 1. The summed E-state index contributed by atoms with van der Waals surface area (Å²) in [7, 11) is 1.65. The topological polar surface area (TPSA) is 104 Å². The number of hydrogen-bond acceptors (Lipinski definition) is 6. The molecule has 0 aliphatic carbocycles. The molecule has 0 spiro atoms. The number of carbonyl (C=O) groups is 2. The average molecular weight is 573 g/mol. The van der Waals surface area contributed by atoms with Gasteiger partial charge in [-0.25, -0.2) is 0 Å². The lowest BCUT2D eigenvalue weighted by atomic mass is 9.99. The van der Waals surface area contributed by atoms with Crippen LogP contribution in [0.4, 0.5) is 0 Å². The van der Waals surface area contributed by atoms with Gasteiger partial charge in [0.2, 0.25) is 0 Å². The van der Waals surface area contributed by atoms with Crippen LogP contribution in [0.3, 0.4) is 0 Å². The third-order valence-electron chi connectivity index (χ3n) is 7.83. The Hall–Kier alpha value is -3.59. The van der Waals surface area contributed by atoms with Gasteiger partial charge in [-0.2, -0.15) is 0 Å². The molecular weight excluding hydrogens is 528 g/mol. The molecule has 3 aromatic rings. The summed E-state index contributed by atoms with van der Waals surface area (Å²) >= 11 is 0. The molecule has 1 saturated heterocycles. The van der Waals surface area contributed by atoms with Crippen molar-refractivity contribution >= 4 is 11.8 Å². The van der Waals surface area contributed by atoms with Gasteiger partial charge in [0.05, 0.1) is 24.8 Å². The zero-order chi connectivity index (χ0) is 30.1. The Morgan fingerprint density at radius 1 is 1.07 bits per heavy atom. The Labute approximate surface area is 249 Å². The van der Waals surface area contributed by atoms with E-state index in [-0.39, 0.29) is 24.4 Å². The van der Waals surface area contributed by atoms with Crippen LogP contribution in [0.5, 0.6) is 0 Å². The number of pyridine rings is 1. The van der Waals surface area contributed by atoms with Crippen molar-refractivity contribution in [3.8, 4) is 0 Å². The van der Waals surface area contributed by atoms with Crippen LogP contribution >= 0.6 is 0 Å². The van der Waals surface area contributed by atoms with E-state index in [1.807, 2.05) is 60.6 Å². The van der Waals surface area contributed by atoms with Crippen LogP contribution < -0.4 is 10.6 Å². The SMILES string of the molecule is COCC1CCCN1C(=O)c1cc(C)cc(C(=O)N[C@@H](Cc2ccccc2)[C@H](O)CNCc2cncc(C(C)C)c2)c1. The standard InChI is InChI=1S/C34H44N4O4/c1-23(2)29-15-26(18-35-20-29)19-36-21-32(39)31(16-25-9-6-5-7-10-25)37-33(40)27-13-24(3)14-28(17-27)34(41)38-12-8-11-30(38)22-42-4/h5-7,9-10,13-15,17-18,20,23,30-32,36,39H,8,11-12,16,19,21-22H2,1-4H3,(H,37,40)/t30?,31-,32+/m0/s1. The Kier molecular flexibility index (Phi) is 11.2. The fraction of sp³-hybridized carbons (Fsp3) is 0.441. The van der Waals surface area contributed by atoms with Crippen LogP contribution in [-0.2, 0) is 17.7 Å². The lowest BCUT2D eigenvalue weighted by Gasteiger charge is -2.26. The quantitative estimate of drug-likeness (QED) is 0.283. The van der Waals surface area contributed by atoms with Crippen LogP contribution in [0.15, 0.2) is 67.0 Å². The summed E-state index contributed by atoms with van der Waals surface area (Å²) in [5.41, 5.74) is 4.93. The first-order valence-electron chi connectivity index (χ1n) is 14.8. The number of aryl methyl sites for hydroxylation is 1. The van der Waals surface area contributed by atoms with E-state index in [0.29, 0.717) is 43.2 Å². The molecule has 2 heterocycles. The summed E-state index contributed by atoms with van der Waals surface area (Å²) in [6.07, 6.45) is 5.16. The predicted octanol–water partition coefficient (Wildman–Crippen LogP) is 4.26. The number of benzene rings is 2. The van der Waals surface area contributed by atoms with Crippen LogP contribution in [0.1, 0.15) is 75.6 Å². The third-order valence-corrected chi connectivity index (χ3v) is 7.83. The molecule has 0 saturated carbocycles. The van der Waals surface area contributed by atoms with Crippen LogP contribution in [-0.4, -0.2) is 71.8 Å². The molecule has 8 heteroatoms. The first kappa shape index (κ1) is 31.3. The Bertz CT molecular complexity index is 1330. The van der Waals surface area contributed by atoms with Crippen molar-refractivity contribution in [3.63, 3.8) is 0 Å². The van der Waals surface area contributed by atoms with Crippen molar-refractivity contribution in [1.29, 1.82) is 0 Å². The molecule has 1 unspecified atom stereocenters. The molecule has 0 bridgehead atoms. The lowest BCUT2D eigenvalue weighted by Crippen LogP contribution is -2.48. The molecule has 1 aliphatic rings. The molecule has 1 fully saturated rings. The van der Waals surface area contributed by atoms with Crippen LogP contribution in [0.2, 0.25) is 0 Å². The number of methoxy groups -OCH3 is 1. The number of nitrogens with one attached hydrogen (secondary N) is 2. The summed E-state index contributed by atoms with van der Waals surface area (Å²) in [6, 6.07) is 16.7. The van der Waals surface area contributed by atoms with Crippen LogP contribution in [0.25, 0.3) is 0 Å². The number of aliphatic hydroxyl groups excluding tert-OH is 1. The van der Waals surface area contributed by atoms with Crippen molar-refractivity contribution in [1.82, 2.24) is 20.5 Å².